The van der Waals surface area contributed by atoms with Crippen LogP contribution in [0.4, 0.5) is 0 Å². The summed E-state index contributed by atoms with van der Waals surface area (Å²) in [6, 6.07) is 29.5. The fourth-order valence-electron chi connectivity index (χ4n) is 4.49. The van der Waals surface area contributed by atoms with E-state index in [9.17, 15) is 9.59 Å². The number of amides is 2. The second kappa shape index (κ2) is 8.00. The molecular formula is C27H25N3O2. The summed E-state index contributed by atoms with van der Waals surface area (Å²) in [5.74, 6) is -0.289. The van der Waals surface area contributed by atoms with Crippen molar-refractivity contribution in [1.29, 1.82) is 0 Å². The van der Waals surface area contributed by atoms with Gasteiger partial charge >= 0.3 is 0 Å². The molecule has 2 heterocycles. The Bertz CT molecular complexity index is 1280. The smallest absolute Gasteiger partial charge is 0.271 e. The molecule has 160 valence electrons. The monoisotopic (exact) mass is 423 g/mol. The Morgan fingerprint density at radius 2 is 1.53 bits per heavy atom. The van der Waals surface area contributed by atoms with E-state index < -0.39 is 5.54 Å². The lowest BCUT2D eigenvalue weighted by Gasteiger charge is -2.44. The van der Waals surface area contributed by atoms with Gasteiger partial charge in [0.25, 0.3) is 5.91 Å². The van der Waals surface area contributed by atoms with Crippen LogP contribution in [-0.2, 0) is 24.4 Å². The molecule has 0 radical (unpaired) electrons. The van der Waals surface area contributed by atoms with E-state index in [4.69, 9.17) is 0 Å². The Kier molecular flexibility index (Phi) is 5.02. The number of aromatic nitrogens is 1. The van der Waals surface area contributed by atoms with E-state index in [1.165, 1.54) is 0 Å². The van der Waals surface area contributed by atoms with Crippen molar-refractivity contribution in [3.05, 3.63) is 108 Å². The first-order valence-electron chi connectivity index (χ1n) is 10.8. The summed E-state index contributed by atoms with van der Waals surface area (Å²) in [4.78, 5) is 29.0. The molecular weight excluding hydrogens is 398 g/mol. The third-order valence-electron chi connectivity index (χ3n) is 6.31. The molecule has 5 nitrogen and oxygen atoms in total. The number of para-hydroxylation sites is 1. The number of benzene rings is 3. The van der Waals surface area contributed by atoms with Crippen LogP contribution in [0.15, 0.2) is 91.0 Å². The van der Waals surface area contributed by atoms with Crippen molar-refractivity contribution in [2.45, 2.75) is 32.1 Å². The lowest BCUT2D eigenvalue weighted by atomic mass is 9.93. The van der Waals surface area contributed by atoms with Crippen molar-refractivity contribution < 1.29 is 9.59 Å². The number of fused-ring (bicyclic) bond motifs is 3. The predicted molar refractivity (Wildman–Crippen MR) is 125 cm³/mol. The molecule has 5 rings (SSSR count). The molecule has 1 aliphatic rings. The zero-order valence-electron chi connectivity index (χ0n) is 18.0. The Morgan fingerprint density at radius 3 is 2.25 bits per heavy atom. The van der Waals surface area contributed by atoms with Crippen molar-refractivity contribution in [2.75, 3.05) is 0 Å². The van der Waals surface area contributed by atoms with E-state index in [-0.39, 0.29) is 11.8 Å². The van der Waals surface area contributed by atoms with Crippen LogP contribution in [0.5, 0.6) is 0 Å². The molecule has 0 fully saturated rings. The Labute approximate surface area is 187 Å². The number of hydrogen-bond acceptors (Lipinski definition) is 2. The van der Waals surface area contributed by atoms with E-state index in [0.29, 0.717) is 25.3 Å². The summed E-state index contributed by atoms with van der Waals surface area (Å²) < 4.78 is 1.99. The zero-order chi connectivity index (χ0) is 22.1. The normalized spacial score (nSPS) is 17.9. The standard InChI is InChI=1S/C27H25N3O2/c1-27(26(32)28-17-20-10-4-2-5-11-20)19-29-23-15-9-8-14-22(23)16-24(29)25(31)30(27)18-21-12-6-3-7-13-21/h2-16H,17-19H2,1H3,(H,28,32). The minimum absolute atomic E-state index is 0.131. The summed E-state index contributed by atoms with van der Waals surface area (Å²) in [7, 11) is 0. The Hall–Kier alpha value is -3.86. The summed E-state index contributed by atoms with van der Waals surface area (Å²) >= 11 is 0. The number of hydrogen-bond donors (Lipinski definition) is 1. The van der Waals surface area contributed by atoms with Crippen molar-refractivity contribution in [1.82, 2.24) is 14.8 Å². The summed E-state index contributed by atoms with van der Waals surface area (Å²) in [5, 5.41) is 4.07. The van der Waals surface area contributed by atoms with Gasteiger partial charge in [0.15, 0.2) is 0 Å². The SMILES string of the molecule is CC1(C(=O)NCc2ccccc2)Cn2c(cc3ccccc32)C(=O)N1Cc1ccccc1. The van der Waals surface area contributed by atoms with E-state index in [1.54, 1.807) is 4.90 Å². The van der Waals surface area contributed by atoms with Crippen LogP contribution in [0.25, 0.3) is 10.9 Å². The van der Waals surface area contributed by atoms with Crippen LogP contribution in [0, 0.1) is 0 Å². The van der Waals surface area contributed by atoms with Gasteiger partial charge in [-0.1, -0.05) is 78.9 Å². The van der Waals surface area contributed by atoms with Crippen molar-refractivity contribution >= 4 is 22.7 Å². The van der Waals surface area contributed by atoms with Gasteiger partial charge in [0, 0.05) is 24.0 Å². The van der Waals surface area contributed by atoms with E-state index in [2.05, 4.69) is 5.32 Å². The number of carbonyl (C=O) groups is 2. The van der Waals surface area contributed by atoms with Gasteiger partial charge < -0.3 is 14.8 Å². The molecule has 3 aromatic carbocycles. The van der Waals surface area contributed by atoms with Crippen LogP contribution in [0.2, 0.25) is 0 Å². The maximum absolute atomic E-state index is 13.7. The largest absolute Gasteiger partial charge is 0.350 e. The molecule has 1 unspecified atom stereocenters. The average molecular weight is 424 g/mol. The molecule has 2 amide bonds. The second-order valence-corrected chi connectivity index (χ2v) is 8.49. The number of carbonyl (C=O) groups excluding carboxylic acids is 2. The van der Waals surface area contributed by atoms with E-state index >= 15 is 0 Å². The number of rotatable bonds is 5. The predicted octanol–water partition coefficient (Wildman–Crippen LogP) is 4.37. The first-order valence-corrected chi connectivity index (χ1v) is 10.8. The highest BCUT2D eigenvalue weighted by Gasteiger charge is 2.47. The lowest BCUT2D eigenvalue weighted by Crippen LogP contribution is -2.63. The highest BCUT2D eigenvalue weighted by molar-refractivity contribution is 6.03. The van der Waals surface area contributed by atoms with Crippen LogP contribution in [0.1, 0.15) is 28.5 Å². The number of nitrogens with zero attached hydrogens (tertiary/aromatic N) is 2. The minimum atomic E-state index is -1.03. The van der Waals surface area contributed by atoms with E-state index in [0.717, 1.165) is 22.0 Å². The highest BCUT2D eigenvalue weighted by atomic mass is 16.2. The fraction of sp³-hybridized carbons (Fsp3) is 0.185. The third kappa shape index (κ3) is 3.46. The van der Waals surface area contributed by atoms with Crippen molar-refractivity contribution in [3.63, 3.8) is 0 Å². The van der Waals surface area contributed by atoms with Gasteiger partial charge in [0.05, 0.1) is 6.54 Å². The van der Waals surface area contributed by atoms with Crippen LogP contribution in [-0.4, -0.2) is 26.8 Å². The maximum Gasteiger partial charge on any atom is 0.271 e. The van der Waals surface area contributed by atoms with E-state index in [1.807, 2.05) is 102 Å². The summed E-state index contributed by atoms with van der Waals surface area (Å²) in [5.41, 5.74) is 2.57. The van der Waals surface area contributed by atoms with Gasteiger partial charge in [0.2, 0.25) is 5.91 Å². The maximum atomic E-state index is 13.7. The highest BCUT2D eigenvalue weighted by Crippen LogP contribution is 2.33. The number of nitrogens with one attached hydrogen (secondary N) is 1. The molecule has 0 saturated heterocycles. The minimum Gasteiger partial charge on any atom is -0.350 e. The average Bonchev–Trinajstić information content (AvgIpc) is 3.20. The van der Waals surface area contributed by atoms with Crippen molar-refractivity contribution in [2.24, 2.45) is 0 Å². The first kappa shape index (κ1) is 20.1. The van der Waals surface area contributed by atoms with Gasteiger partial charge in [-0.3, -0.25) is 9.59 Å². The fourth-order valence-corrected chi connectivity index (χ4v) is 4.49. The molecule has 0 aliphatic carbocycles. The molecule has 1 atom stereocenters. The Balaban J connectivity index is 1.53. The third-order valence-corrected chi connectivity index (χ3v) is 6.31. The van der Waals surface area contributed by atoms with Gasteiger partial charge in [-0.25, -0.2) is 0 Å². The van der Waals surface area contributed by atoms with Crippen LogP contribution in [0.3, 0.4) is 0 Å². The lowest BCUT2D eigenvalue weighted by molar-refractivity contribution is -0.133. The molecule has 0 bridgehead atoms. The molecule has 1 aliphatic heterocycles. The molecule has 5 heteroatoms. The molecule has 4 aromatic rings. The molecule has 32 heavy (non-hydrogen) atoms. The molecule has 1 N–H and O–H groups in total. The van der Waals surface area contributed by atoms with Crippen molar-refractivity contribution in [3.8, 4) is 0 Å². The second-order valence-electron chi connectivity index (χ2n) is 8.49. The zero-order valence-corrected chi connectivity index (χ0v) is 18.0. The van der Waals surface area contributed by atoms with Gasteiger partial charge in [0.1, 0.15) is 11.2 Å². The Morgan fingerprint density at radius 1 is 0.906 bits per heavy atom. The quantitative estimate of drug-likeness (QED) is 0.518. The molecule has 0 spiro atoms. The summed E-state index contributed by atoms with van der Waals surface area (Å²) in [6.45, 7) is 3.05. The van der Waals surface area contributed by atoms with Gasteiger partial charge in [-0.2, -0.15) is 0 Å². The molecule has 1 aromatic heterocycles. The first-order chi connectivity index (χ1) is 15.6. The topological polar surface area (TPSA) is 54.3 Å². The van der Waals surface area contributed by atoms with Gasteiger partial charge in [-0.05, 0) is 30.2 Å². The van der Waals surface area contributed by atoms with Gasteiger partial charge in [-0.15, -0.1) is 0 Å². The summed E-state index contributed by atoms with van der Waals surface area (Å²) in [6.07, 6.45) is 0. The van der Waals surface area contributed by atoms with Crippen LogP contribution >= 0.6 is 0 Å². The van der Waals surface area contributed by atoms with Crippen LogP contribution < -0.4 is 5.32 Å². The molecule has 0 saturated carbocycles.